The molecule has 4 nitrogen and oxygen atoms in total. The fraction of sp³-hybridized carbons (Fsp3) is 0.143. The molecule has 0 aliphatic heterocycles. The number of halogens is 1. The van der Waals surface area contributed by atoms with Crippen LogP contribution in [0.25, 0.3) is 10.7 Å². The first kappa shape index (κ1) is 8.52. The monoisotopic (exact) mass is 212 g/mol. The highest BCUT2D eigenvalue weighted by Crippen LogP contribution is 2.27. The maximum absolute atomic E-state index is 5.76. The molecule has 0 N–H and O–H groups in total. The maximum Gasteiger partial charge on any atom is 0.213 e. The van der Waals surface area contributed by atoms with Crippen LogP contribution in [0.5, 0.6) is 0 Å². The number of aromatic nitrogens is 4. The number of aryl methyl sites for hydroxylation is 1. The molecule has 6 heteroatoms. The smallest absolute Gasteiger partial charge is 0.131 e. The summed E-state index contributed by atoms with van der Waals surface area (Å²) in [4.78, 5) is 0.880. The zero-order valence-corrected chi connectivity index (χ0v) is 8.30. The molecule has 2 aromatic rings. The topological polar surface area (TPSA) is 51.6 Å². The van der Waals surface area contributed by atoms with Gasteiger partial charge in [-0.15, -0.1) is 31.7 Å². The molecule has 2 rings (SSSR count). The molecule has 0 fully saturated rings. The van der Waals surface area contributed by atoms with Gasteiger partial charge in [-0.3, -0.25) is 0 Å². The molecule has 2 heterocycles. The van der Waals surface area contributed by atoms with Crippen molar-refractivity contribution in [1.82, 2.24) is 20.4 Å². The number of nitrogens with zero attached hydrogens (tertiary/aromatic N) is 4. The summed E-state index contributed by atoms with van der Waals surface area (Å²) < 4.78 is 0.708. The molecule has 13 heavy (non-hydrogen) atoms. The van der Waals surface area contributed by atoms with Crippen molar-refractivity contribution in [2.45, 2.75) is 6.92 Å². The summed E-state index contributed by atoms with van der Waals surface area (Å²) in [6, 6.07) is 3.64. The SMILES string of the molecule is Cc1nnc(-c2ccc(Cl)s2)nn1. The highest BCUT2D eigenvalue weighted by atomic mass is 35.5. The minimum absolute atomic E-state index is 0.516. The summed E-state index contributed by atoms with van der Waals surface area (Å²) in [6.07, 6.45) is 0. The number of hydrogen-bond acceptors (Lipinski definition) is 5. The van der Waals surface area contributed by atoms with E-state index in [1.165, 1.54) is 11.3 Å². The molecular weight excluding hydrogens is 208 g/mol. The summed E-state index contributed by atoms with van der Waals surface area (Å²) in [5.74, 6) is 1.08. The first-order chi connectivity index (χ1) is 6.25. The maximum atomic E-state index is 5.76. The van der Waals surface area contributed by atoms with E-state index in [2.05, 4.69) is 20.4 Å². The van der Waals surface area contributed by atoms with Crippen LogP contribution in [0.4, 0.5) is 0 Å². The van der Waals surface area contributed by atoms with Crippen LogP contribution in [0.2, 0.25) is 4.34 Å². The Hall–Kier alpha value is -1.07. The van der Waals surface area contributed by atoms with Crippen LogP contribution < -0.4 is 0 Å². The third-order valence-corrected chi connectivity index (χ3v) is 2.60. The Balaban J connectivity index is 2.41. The van der Waals surface area contributed by atoms with E-state index < -0.39 is 0 Å². The lowest BCUT2D eigenvalue weighted by Gasteiger charge is -1.91. The Labute approximate surface area is 83.6 Å². The molecule has 2 aromatic heterocycles. The Morgan fingerprint density at radius 1 is 1.15 bits per heavy atom. The number of thiophene rings is 1. The van der Waals surface area contributed by atoms with Crippen LogP contribution in [0.15, 0.2) is 12.1 Å². The Morgan fingerprint density at radius 2 is 1.85 bits per heavy atom. The van der Waals surface area contributed by atoms with Crippen molar-refractivity contribution in [3.63, 3.8) is 0 Å². The molecular formula is C7H5ClN4S. The van der Waals surface area contributed by atoms with Gasteiger partial charge in [0.1, 0.15) is 0 Å². The predicted octanol–water partition coefficient (Wildman–Crippen LogP) is 1.96. The third-order valence-electron chi connectivity index (χ3n) is 1.37. The molecule has 0 amide bonds. The molecule has 0 aliphatic rings. The second-order valence-corrected chi connectivity index (χ2v) is 4.09. The van der Waals surface area contributed by atoms with E-state index >= 15 is 0 Å². The van der Waals surface area contributed by atoms with Gasteiger partial charge in [-0.05, 0) is 19.1 Å². The van der Waals surface area contributed by atoms with Gasteiger partial charge in [0.05, 0.1) is 9.21 Å². The second kappa shape index (κ2) is 3.35. The zero-order chi connectivity index (χ0) is 9.26. The van der Waals surface area contributed by atoms with Gasteiger partial charge < -0.3 is 0 Å². The van der Waals surface area contributed by atoms with E-state index in [0.29, 0.717) is 16.0 Å². The van der Waals surface area contributed by atoms with E-state index in [9.17, 15) is 0 Å². The van der Waals surface area contributed by atoms with E-state index in [0.717, 1.165) is 4.88 Å². The minimum Gasteiger partial charge on any atom is -0.131 e. The van der Waals surface area contributed by atoms with Crippen molar-refractivity contribution in [2.75, 3.05) is 0 Å². The average molecular weight is 213 g/mol. The summed E-state index contributed by atoms with van der Waals surface area (Å²) in [5, 5.41) is 15.4. The van der Waals surface area contributed by atoms with Crippen LogP contribution in [0, 0.1) is 6.92 Å². The van der Waals surface area contributed by atoms with Crippen LogP contribution >= 0.6 is 22.9 Å². The lowest BCUT2D eigenvalue weighted by atomic mass is 10.4. The minimum atomic E-state index is 0.516. The van der Waals surface area contributed by atoms with Gasteiger partial charge in [0, 0.05) is 0 Å². The van der Waals surface area contributed by atoms with Crippen molar-refractivity contribution >= 4 is 22.9 Å². The van der Waals surface area contributed by atoms with Crippen molar-refractivity contribution < 1.29 is 0 Å². The quantitative estimate of drug-likeness (QED) is 0.725. The third kappa shape index (κ3) is 1.81. The Bertz CT molecular complexity index is 411. The molecule has 0 radical (unpaired) electrons. The molecule has 0 saturated carbocycles. The predicted molar refractivity (Wildman–Crippen MR) is 50.7 cm³/mol. The number of rotatable bonds is 1. The highest BCUT2D eigenvalue weighted by Gasteiger charge is 2.05. The molecule has 0 bridgehead atoms. The van der Waals surface area contributed by atoms with Gasteiger partial charge in [0.2, 0.25) is 5.82 Å². The van der Waals surface area contributed by atoms with E-state index in [4.69, 9.17) is 11.6 Å². The molecule has 0 saturated heterocycles. The zero-order valence-electron chi connectivity index (χ0n) is 6.73. The van der Waals surface area contributed by atoms with Gasteiger partial charge in [0.15, 0.2) is 5.82 Å². The summed E-state index contributed by atoms with van der Waals surface area (Å²) in [7, 11) is 0. The van der Waals surface area contributed by atoms with Crippen molar-refractivity contribution in [3.05, 3.63) is 22.3 Å². The van der Waals surface area contributed by atoms with Crippen LogP contribution in [-0.2, 0) is 0 Å². The lowest BCUT2D eigenvalue weighted by Crippen LogP contribution is -1.97. The van der Waals surface area contributed by atoms with Gasteiger partial charge in [-0.2, -0.15) is 0 Å². The first-order valence-electron chi connectivity index (χ1n) is 3.55. The Morgan fingerprint density at radius 3 is 2.38 bits per heavy atom. The van der Waals surface area contributed by atoms with E-state index in [1.54, 1.807) is 13.0 Å². The first-order valence-corrected chi connectivity index (χ1v) is 4.75. The fourth-order valence-electron chi connectivity index (χ4n) is 0.812. The highest BCUT2D eigenvalue weighted by molar-refractivity contribution is 7.19. The molecule has 0 atom stereocenters. The summed E-state index contributed by atoms with van der Waals surface area (Å²) in [6.45, 7) is 1.74. The van der Waals surface area contributed by atoms with Crippen molar-refractivity contribution in [1.29, 1.82) is 0 Å². The fourth-order valence-corrected chi connectivity index (χ4v) is 1.78. The summed E-state index contributed by atoms with van der Waals surface area (Å²) >= 11 is 7.17. The second-order valence-electron chi connectivity index (χ2n) is 2.37. The molecule has 66 valence electrons. The lowest BCUT2D eigenvalue weighted by molar-refractivity contribution is 0.818. The van der Waals surface area contributed by atoms with Gasteiger partial charge in [0.25, 0.3) is 0 Å². The van der Waals surface area contributed by atoms with Gasteiger partial charge in [-0.1, -0.05) is 11.6 Å². The van der Waals surface area contributed by atoms with Gasteiger partial charge >= 0.3 is 0 Å². The van der Waals surface area contributed by atoms with Crippen LogP contribution in [-0.4, -0.2) is 20.4 Å². The normalized spacial score (nSPS) is 10.3. The Kier molecular flexibility index (Phi) is 2.20. The molecule has 0 aliphatic carbocycles. The van der Waals surface area contributed by atoms with Crippen molar-refractivity contribution in [2.24, 2.45) is 0 Å². The number of hydrogen-bond donors (Lipinski definition) is 0. The molecule has 0 aromatic carbocycles. The summed E-state index contributed by atoms with van der Waals surface area (Å²) in [5.41, 5.74) is 0. The average Bonchev–Trinajstić information content (AvgIpc) is 2.53. The standard InChI is InChI=1S/C7H5ClN4S/c1-4-9-11-7(12-10-4)5-2-3-6(8)13-5/h2-3H,1H3. The van der Waals surface area contributed by atoms with Crippen LogP contribution in [0.1, 0.15) is 5.82 Å². The van der Waals surface area contributed by atoms with E-state index in [1.807, 2.05) is 6.07 Å². The van der Waals surface area contributed by atoms with Gasteiger partial charge in [-0.25, -0.2) is 0 Å². The largest absolute Gasteiger partial charge is 0.213 e. The van der Waals surface area contributed by atoms with Crippen LogP contribution in [0.3, 0.4) is 0 Å². The molecule has 0 spiro atoms. The van der Waals surface area contributed by atoms with Crippen molar-refractivity contribution in [3.8, 4) is 10.7 Å². The van der Waals surface area contributed by atoms with E-state index in [-0.39, 0.29) is 0 Å². The molecule has 0 unspecified atom stereocenters.